The Kier molecular flexibility index (Phi) is 4.08. The number of carbonyl (C=O) groups excluding carboxylic acids is 1. The molecular weight excluding hydrogens is 316 g/mol. The van der Waals surface area contributed by atoms with Gasteiger partial charge in [0.2, 0.25) is 5.91 Å². The fourth-order valence-electron chi connectivity index (χ4n) is 4.17. The topological polar surface area (TPSA) is 65.6 Å². The highest BCUT2D eigenvalue weighted by molar-refractivity contribution is 5.83. The Morgan fingerprint density at radius 2 is 2.16 bits per heavy atom. The van der Waals surface area contributed by atoms with E-state index in [4.69, 9.17) is 4.74 Å². The monoisotopic (exact) mass is 342 g/mol. The molecular formula is C20H26N2O3. The van der Waals surface area contributed by atoms with Crippen molar-refractivity contribution in [1.29, 1.82) is 0 Å². The van der Waals surface area contributed by atoms with E-state index in [1.54, 1.807) is 0 Å². The van der Waals surface area contributed by atoms with Crippen molar-refractivity contribution in [2.75, 3.05) is 19.7 Å². The van der Waals surface area contributed by atoms with Crippen molar-refractivity contribution in [2.45, 2.75) is 50.2 Å². The summed E-state index contributed by atoms with van der Waals surface area (Å²) in [4.78, 5) is 17.5. The van der Waals surface area contributed by atoms with Gasteiger partial charge < -0.3 is 19.7 Å². The number of amides is 1. The zero-order valence-corrected chi connectivity index (χ0v) is 14.8. The molecule has 1 unspecified atom stereocenters. The van der Waals surface area contributed by atoms with Crippen LogP contribution in [0.1, 0.15) is 38.2 Å². The van der Waals surface area contributed by atoms with E-state index in [0.29, 0.717) is 39.0 Å². The zero-order valence-electron chi connectivity index (χ0n) is 14.8. The lowest BCUT2D eigenvalue weighted by atomic mass is 9.83. The number of aryl methyl sites for hydroxylation is 1. The molecule has 25 heavy (non-hydrogen) atoms. The molecule has 1 spiro atoms. The van der Waals surface area contributed by atoms with Gasteiger partial charge in [-0.15, -0.1) is 0 Å². The Balaban J connectivity index is 1.26. The summed E-state index contributed by atoms with van der Waals surface area (Å²) in [6.07, 6.45) is 5.72. The quantitative estimate of drug-likeness (QED) is 0.878. The number of fused-ring (bicyclic) bond motifs is 1. The van der Waals surface area contributed by atoms with Gasteiger partial charge >= 0.3 is 0 Å². The lowest BCUT2D eigenvalue weighted by Gasteiger charge is -2.47. The molecule has 1 amide bonds. The number of nitrogens with zero attached hydrogens (tertiary/aromatic N) is 1. The Morgan fingerprint density at radius 3 is 2.92 bits per heavy atom. The number of likely N-dealkylation sites (tertiary alicyclic amines) is 1. The van der Waals surface area contributed by atoms with Gasteiger partial charge in [0.25, 0.3) is 0 Å². The minimum absolute atomic E-state index is 0.195. The highest BCUT2D eigenvalue weighted by Gasteiger charge is 2.55. The number of hydrogen-bond acceptors (Lipinski definition) is 3. The van der Waals surface area contributed by atoms with Crippen molar-refractivity contribution in [3.63, 3.8) is 0 Å². The Hall–Kier alpha value is -1.85. The summed E-state index contributed by atoms with van der Waals surface area (Å²) < 4.78 is 5.83. The van der Waals surface area contributed by atoms with E-state index < -0.39 is 5.60 Å². The van der Waals surface area contributed by atoms with Crippen LogP contribution in [0.25, 0.3) is 10.9 Å². The van der Waals surface area contributed by atoms with E-state index in [2.05, 4.69) is 17.1 Å². The predicted octanol–water partition coefficient (Wildman–Crippen LogP) is 2.63. The minimum atomic E-state index is -0.704. The number of nitrogens with one attached hydrogen (secondary N) is 1. The third-order valence-corrected chi connectivity index (χ3v) is 5.78. The third-order valence-electron chi connectivity index (χ3n) is 5.78. The first-order valence-electron chi connectivity index (χ1n) is 9.22. The molecule has 1 aromatic carbocycles. The Morgan fingerprint density at radius 1 is 1.36 bits per heavy atom. The predicted molar refractivity (Wildman–Crippen MR) is 96.4 cm³/mol. The standard InChI is InChI=1S/C20H26N2O3/c1-2-19(24)11-20(25-14-19)12-22(13-20)18(23)9-5-6-15-10-21-17-8-4-3-7-16(15)17/h3-4,7-8,10,21,24H,2,5-6,9,11-14H2,1H3. The summed E-state index contributed by atoms with van der Waals surface area (Å²) >= 11 is 0. The van der Waals surface area contributed by atoms with Crippen LogP contribution in [0.15, 0.2) is 30.5 Å². The van der Waals surface area contributed by atoms with Gasteiger partial charge in [0.15, 0.2) is 0 Å². The van der Waals surface area contributed by atoms with Crippen LogP contribution in [-0.4, -0.2) is 51.8 Å². The van der Waals surface area contributed by atoms with Crippen LogP contribution in [0.3, 0.4) is 0 Å². The molecule has 5 heteroatoms. The van der Waals surface area contributed by atoms with E-state index in [1.165, 1.54) is 10.9 Å². The number of aromatic nitrogens is 1. The lowest BCUT2D eigenvalue weighted by Crippen LogP contribution is -2.63. The second kappa shape index (κ2) is 6.15. The van der Waals surface area contributed by atoms with Crippen LogP contribution < -0.4 is 0 Å². The molecule has 134 valence electrons. The molecule has 2 aromatic rings. The molecule has 2 saturated heterocycles. The van der Waals surface area contributed by atoms with Crippen LogP contribution in [0.2, 0.25) is 0 Å². The number of ether oxygens (including phenoxy) is 1. The number of aromatic amines is 1. The number of aliphatic hydroxyl groups is 1. The van der Waals surface area contributed by atoms with Crippen LogP contribution in [-0.2, 0) is 16.0 Å². The number of hydrogen-bond donors (Lipinski definition) is 2. The maximum Gasteiger partial charge on any atom is 0.222 e. The largest absolute Gasteiger partial charge is 0.387 e. The van der Waals surface area contributed by atoms with Crippen molar-refractivity contribution in [1.82, 2.24) is 9.88 Å². The summed E-state index contributed by atoms with van der Waals surface area (Å²) in [7, 11) is 0. The fourth-order valence-corrected chi connectivity index (χ4v) is 4.17. The molecule has 5 nitrogen and oxygen atoms in total. The first kappa shape index (κ1) is 16.6. The summed E-state index contributed by atoms with van der Waals surface area (Å²) in [5.41, 5.74) is 1.42. The molecule has 0 bridgehead atoms. The Labute approximate surface area is 148 Å². The summed E-state index contributed by atoms with van der Waals surface area (Å²) in [6, 6.07) is 8.26. The highest BCUT2D eigenvalue weighted by atomic mass is 16.5. The third kappa shape index (κ3) is 3.07. The molecule has 2 aliphatic rings. The molecule has 3 heterocycles. The van der Waals surface area contributed by atoms with Gasteiger partial charge in [0, 0.05) is 29.9 Å². The number of rotatable bonds is 5. The molecule has 2 fully saturated rings. The van der Waals surface area contributed by atoms with Crippen molar-refractivity contribution in [3.8, 4) is 0 Å². The van der Waals surface area contributed by atoms with Crippen LogP contribution >= 0.6 is 0 Å². The zero-order chi connectivity index (χ0) is 17.5. The van der Waals surface area contributed by atoms with E-state index in [9.17, 15) is 9.90 Å². The van der Waals surface area contributed by atoms with Gasteiger partial charge in [0.1, 0.15) is 5.60 Å². The first-order chi connectivity index (χ1) is 12.0. The molecule has 0 saturated carbocycles. The lowest BCUT2D eigenvalue weighted by molar-refractivity contribution is -0.157. The van der Waals surface area contributed by atoms with Crippen molar-refractivity contribution in [3.05, 3.63) is 36.0 Å². The van der Waals surface area contributed by atoms with Gasteiger partial charge in [-0.25, -0.2) is 0 Å². The van der Waals surface area contributed by atoms with Crippen LogP contribution in [0.4, 0.5) is 0 Å². The average Bonchev–Trinajstić information content (AvgIpc) is 3.16. The molecule has 0 aliphatic carbocycles. The molecule has 4 rings (SSSR count). The van der Waals surface area contributed by atoms with E-state index in [0.717, 1.165) is 18.4 Å². The van der Waals surface area contributed by atoms with Crippen LogP contribution in [0, 0.1) is 0 Å². The van der Waals surface area contributed by atoms with Gasteiger partial charge in [-0.05, 0) is 30.9 Å². The highest BCUT2D eigenvalue weighted by Crippen LogP contribution is 2.41. The number of carbonyl (C=O) groups is 1. The van der Waals surface area contributed by atoms with E-state index >= 15 is 0 Å². The second-order valence-electron chi connectivity index (χ2n) is 7.69. The van der Waals surface area contributed by atoms with Crippen molar-refractivity contribution >= 4 is 16.8 Å². The molecule has 1 aromatic heterocycles. The van der Waals surface area contributed by atoms with Crippen molar-refractivity contribution in [2.24, 2.45) is 0 Å². The molecule has 2 N–H and O–H groups in total. The summed E-state index contributed by atoms with van der Waals surface area (Å²) in [5, 5.41) is 11.6. The maximum atomic E-state index is 12.4. The van der Waals surface area contributed by atoms with Gasteiger partial charge in [-0.3, -0.25) is 4.79 Å². The fraction of sp³-hybridized carbons (Fsp3) is 0.550. The minimum Gasteiger partial charge on any atom is -0.387 e. The average molecular weight is 342 g/mol. The molecule has 1 atom stereocenters. The smallest absolute Gasteiger partial charge is 0.222 e. The molecule has 2 aliphatic heterocycles. The van der Waals surface area contributed by atoms with Gasteiger partial charge in [-0.2, -0.15) is 0 Å². The maximum absolute atomic E-state index is 12.4. The van der Waals surface area contributed by atoms with E-state index in [-0.39, 0.29) is 11.5 Å². The van der Waals surface area contributed by atoms with Gasteiger partial charge in [-0.1, -0.05) is 25.1 Å². The Bertz CT molecular complexity index is 778. The normalized spacial score (nSPS) is 24.8. The number of para-hydroxylation sites is 1. The van der Waals surface area contributed by atoms with Crippen molar-refractivity contribution < 1.29 is 14.6 Å². The van der Waals surface area contributed by atoms with Gasteiger partial charge in [0.05, 0.1) is 25.3 Å². The first-order valence-corrected chi connectivity index (χ1v) is 9.22. The summed E-state index contributed by atoms with van der Waals surface area (Å²) in [6.45, 7) is 3.63. The SMILES string of the molecule is CCC1(O)COC2(CN(C(=O)CCCc3c[nH]c4ccccc34)C2)C1. The van der Waals surface area contributed by atoms with Crippen LogP contribution in [0.5, 0.6) is 0 Å². The number of H-pyrrole nitrogens is 1. The van der Waals surface area contributed by atoms with E-state index in [1.807, 2.05) is 30.2 Å². The number of benzene rings is 1. The molecule has 0 radical (unpaired) electrons. The second-order valence-corrected chi connectivity index (χ2v) is 7.69. The summed E-state index contributed by atoms with van der Waals surface area (Å²) in [5.74, 6) is 0.195.